The highest BCUT2D eigenvalue weighted by Crippen LogP contribution is 2.30. The zero-order chi connectivity index (χ0) is 15.7. The number of rotatable bonds is 4. The Labute approximate surface area is 137 Å². The zero-order valence-corrected chi connectivity index (χ0v) is 14.3. The van der Waals surface area contributed by atoms with Crippen molar-refractivity contribution in [1.29, 1.82) is 0 Å². The molecule has 0 aliphatic heterocycles. The van der Waals surface area contributed by atoms with Crippen LogP contribution in [0, 0.1) is 20.8 Å². The number of carbonyl (C=O) groups is 1. The highest BCUT2D eigenvalue weighted by molar-refractivity contribution is 8.00. The number of thiophene rings is 1. The molecular formula is C17H16N2OS2. The second-order valence-electron chi connectivity index (χ2n) is 5.27. The van der Waals surface area contributed by atoms with Gasteiger partial charge in [-0.2, -0.15) is 0 Å². The van der Waals surface area contributed by atoms with Crippen molar-refractivity contribution < 1.29 is 4.79 Å². The van der Waals surface area contributed by atoms with Crippen LogP contribution >= 0.6 is 23.1 Å². The molecular weight excluding hydrogens is 312 g/mol. The van der Waals surface area contributed by atoms with Crippen LogP contribution in [0.3, 0.4) is 0 Å². The Hall–Kier alpha value is -1.72. The summed E-state index contributed by atoms with van der Waals surface area (Å²) in [5, 5.41) is 1.93. The first-order chi connectivity index (χ1) is 10.5. The number of nitrogens with zero attached hydrogens (tertiary/aromatic N) is 2. The topological polar surface area (TPSA) is 42.9 Å². The van der Waals surface area contributed by atoms with Crippen LogP contribution in [0.25, 0.3) is 10.2 Å². The number of fused-ring (bicyclic) bond motifs is 1. The molecule has 0 spiro atoms. The Kier molecular flexibility index (Phi) is 4.27. The highest BCUT2D eigenvalue weighted by Gasteiger charge is 2.12. The Morgan fingerprint density at radius 1 is 1.14 bits per heavy atom. The summed E-state index contributed by atoms with van der Waals surface area (Å²) < 4.78 is 0. The van der Waals surface area contributed by atoms with Crippen LogP contribution in [-0.2, 0) is 0 Å². The molecule has 0 radical (unpaired) electrons. The third-order valence-electron chi connectivity index (χ3n) is 3.58. The van der Waals surface area contributed by atoms with Crippen molar-refractivity contribution >= 4 is 39.1 Å². The molecule has 0 unspecified atom stereocenters. The summed E-state index contributed by atoms with van der Waals surface area (Å²) in [6.07, 6.45) is 1.57. The minimum absolute atomic E-state index is 0.131. The van der Waals surface area contributed by atoms with Crippen molar-refractivity contribution in [1.82, 2.24) is 9.97 Å². The van der Waals surface area contributed by atoms with Crippen molar-refractivity contribution in [3.8, 4) is 0 Å². The van der Waals surface area contributed by atoms with Gasteiger partial charge >= 0.3 is 0 Å². The number of aromatic nitrogens is 2. The van der Waals surface area contributed by atoms with E-state index in [9.17, 15) is 4.79 Å². The lowest BCUT2D eigenvalue weighted by molar-refractivity contribution is 0.102. The van der Waals surface area contributed by atoms with Gasteiger partial charge in [0.25, 0.3) is 0 Å². The summed E-state index contributed by atoms with van der Waals surface area (Å²) in [6, 6.07) is 7.94. The van der Waals surface area contributed by atoms with Gasteiger partial charge in [0, 0.05) is 15.8 Å². The normalized spacial score (nSPS) is 11.0. The van der Waals surface area contributed by atoms with E-state index >= 15 is 0 Å². The molecule has 0 bridgehead atoms. The standard InChI is InChI=1S/C17H16N2OS2/c1-10-4-5-13(6-11(10)2)15(20)8-21-16-14-7-12(3)22-17(14)19-9-18-16/h4-7,9H,8H2,1-3H3. The quantitative estimate of drug-likeness (QED) is 0.399. The minimum Gasteiger partial charge on any atom is -0.293 e. The molecule has 0 atom stereocenters. The number of Topliss-reactive ketones (excluding diaryl/α,β-unsaturated/α-hetero) is 1. The fraction of sp³-hybridized carbons (Fsp3) is 0.235. The van der Waals surface area contributed by atoms with E-state index in [1.165, 1.54) is 22.2 Å². The summed E-state index contributed by atoms with van der Waals surface area (Å²) in [5.41, 5.74) is 3.12. The van der Waals surface area contributed by atoms with Gasteiger partial charge in [0.15, 0.2) is 5.78 Å². The van der Waals surface area contributed by atoms with Crippen LogP contribution < -0.4 is 0 Å². The molecule has 0 aliphatic rings. The molecule has 0 aliphatic carbocycles. The fourth-order valence-corrected chi connectivity index (χ4v) is 3.98. The molecule has 22 heavy (non-hydrogen) atoms. The second-order valence-corrected chi connectivity index (χ2v) is 7.46. The van der Waals surface area contributed by atoms with Gasteiger partial charge in [-0.05, 0) is 44.0 Å². The lowest BCUT2D eigenvalue weighted by Crippen LogP contribution is -2.03. The Balaban J connectivity index is 1.78. The molecule has 1 aromatic carbocycles. The Morgan fingerprint density at radius 2 is 1.95 bits per heavy atom. The number of carbonyl (C=O) groups excluding carboxylic acids is 1. The first-order valence-electron chi connectivity index (χ1n) is 6.99. The minimum atomic E-state index is 0.131. The van der Waals surface area contributed by atoms with E-state index in [1.54, 1.807) is 17.7 Å². The molecule has 0 N–H and O–H groups in total. The van der Waals surface area contributed by atoms with Gasteiger partial charge in [0.05, 0.1) is 5.75 Å². The lowest BCUT2D eigenvalue weighted by Gasteiger charge is -2.05. The predicted octanol–water partition coefficient (Wildman–Crippen LogP) is 4.59. The van der Waals surface area contributed by atoms with Gasteiger partial charge in [0.1, 0.15) is 16.2 Å². The predicted molar refractivity (Wildman–Crippen MR) is 93.1 cm³/mol. The van der Waals surface area contributed by atoms with Crippen molar-refractivity contribution in [3.63, 3.8) is 0 Å². The molecule has 3 rings (SSSR count). The van der Waals surface area contributed by atoms with Crippen LogP contribution in [0.5, 0.6) is 0 Å². The lowest BCUT2D eigenvalue weighted by atomic mass is 10.0. The van der Waals surface area contributed by atoms with Crippen LogP contribution in [0.1, 0.15) is 26.4 Å². The van der Waals surface area contributed by atoms with Crippen molar-refractivity contribution in [2.75, 3.05) is 5.75 Å². The number of aryl methyl sites for hydroxylation is 3. The molecule has 0 saturated carbocycles. The van der Waals surface area contributed by atoms with Crippen LogP contribution in [0.15, 0.2) is 35.6 Å². The van der Waals surface area contributed by atoms with Crippen LogP contribution in [0.4, 0.5) is 0 Å². The molecule has 0 amide bonds. The molecule has 3 nitrogen and oxygen atoms in total. The van der Waals surface area contributed by atoms with Gasteiger partial charge in [-0.3, -0.25) is 4.79 Å². The number of benzene rings is 1. The zero-order valence-electron chi connectivity index (χ0n) is 12.7. The third kappa shape index (κ3) is 3.05. The molecule has 112 valence electrons. The molecule has 3 aromatic rings. The van der Waals surface area contributed by atoms with Crippen LogP contribution in [0.2, 0.25) is 0 Å². The van der Waals surface area contributed by atoms with Crippen molar-refractivity contribution in [3.05, 3.63) is 52.2 Å². The van der Waals surface area contributed by atoms with Crippen LogP contribution in [-0.4, -0.2) is 21.5 Å². The van der Waals surface area contributed by atoms with E-state index in [0.29, 0.717) is 5.75 Å². The average molecular weight is 328 g/mol. The summed E-state index contributed by atoms with van der Waals surface area (Å²) in [4.78, 5) is 23.1. The summed E-state index contributed by atoms with van der Waals surface area (Å²) in [6.45, 7) is 6.14. The maximum atomic E-state index is 12.4. The van der Waals surface area contributed by atoms with Gasteiger partial charge in [-0.25, -0.2) is 9.97 Å². The van der Waals surface area contributed by atoms with E-state index < -0.39 is 0 Å². The third-order valence-corrected chi connectivity index (χ3v) is 5.55. The smallest absolute Gasteiger partial charge is 0.173 e. The summed E-state index contributed by atoms with van der Waals surface area (Å²) in [7, 11) is 0. The highest BCUT2D eigenvalue weighted by atomic mass is 32.2. The molecule has 0 saturated heterocycles. The van der Waals surface area contributed by atoms with Crippen molar-refractivity contribution in [2.45, 2.75) is 25.8 Å². The summed E-state index contributed by atoms with van der Waals surface area (Å²) in [5.74, 6) is 0.524. The van der Waals surface area contributed by atoms with E-state index in [2.05, 4.69) is 29.9 Å². The van der Waals surface area contributed by atoms with E-state index in [4.69, 9.17) is 0 Å². The van der Waals surface area contributed by atoms with Gasteiger partial charge < -0.3 is 0 Å². The molecule has 5 heteroatoms. The van der Waals surface area contributed by atoms with E-state index in [-0.39, 0.29) is 5.78 Å². The number of thioether (sulfide) groups is 1. The maximum Gasteiger partial charge on any atom is 0.173 e. The largest absolute Gasteiger partial charge is 0.293 e. The number of ketones is 1. The van der Waals surface area contributed by atoms with Gasteiger partial charge in [-0.1, -0.05) is 23.9 Å². The first-order valence-corrected chi connectivity index (χ1v) is 8.79. The molecule has 2 heterocycles. The van der Waals surface area contributed by atoms with E-state index in [0.717, 1.165) is 26.4 Å². The SMILES string of the molecule is Cc1cc2c(SCC(=O)c3ccc(C)c(C)c3)ncnc2s1. The second kappa shape index (κ2) is 6.18. The number of hydrogen-bond donors (Lipinski definition) is 0. The Bertz CT molecular complexity index is 855. The van der Waals surface area contributed by atoms with E-state index in [1.807, 2.05) is 25.1 Å². The first kappa shape index (κ1) is 15.2. The molecule has 2 aromatic heterocycles. The fourth-order valence-electron chi connectivity index (χ4n) is 2.20. The average Bonchev–Trinajstić information content (AvgIpc) is 2.88. The maximum absolute atomic E-state index is 12.4. The Morgan fingerprint density at radius 3 is 2.73 bits per heavy atom. The molecule has 0 fully saturated rings. The number of hydrogen-bond acceptors (Lipinski definition) is 5. The summed E-state index contributed by atoms with van der Waals surface area (Å²) >= 11 is 3.13. The monoisotopic (exact) mass is 328 g/mol. The van der Waals surface area contributed by atoms with Gasteiger partial charge in [-0.15, -0.1) is 11.3 Å². The van der Waals surface area contributed by atoms with Crippen molar-refractivity contribution in [2.24, 2.45) is 0 Å². The van der Waals surface area contributed by atoms with Gasteiger partial charge in [0.2, 0.25) is 0 Å².